The topological polar surface area (TPSA) is 63.4 Å². The molecule has 20 heavy (non-hydrogen) atoms. The highest BCUT2D eigenvalue weighted by atomic mass is 32.2. The minimum Gasteiger partial charge on any atom is -0.290 e. The van der Waals surface area contributed by atoms with Crippen molar-refractivity contribution in [1.29, 1.82) is 0 Å². The summed E-state index contributed by atoms with van der Waals surface area (Å²) in [6.07, 6.45) is 3.65. The van der Waals surface area contributed by atoms with Gasteiger partial charge in [0.05, 0.1) is 9.83 Å². The van der Waals surface area contributed by atoms with Gasteiger partial charge >= 0.3 is 0 Å². The highest BCUT2D eigenvalue weighted by Gasteiger charge is 2.41. The molecular weight excluding hydrogens is 296 g/mol. The number of nitrogens with zero attached hydrogens (tertiary/aromatic N) is 2. The predicted molar refractivity (Wildman–Crippen MR) is 81.1 cm³/mol. The van der Waals surface area contributed by atoms with Gasteiger partial charge in [-0.2, -0.15) is 0 Å². The summed E-state index contributed by atoms with van der Waals surface area (Å²) >= 11 is 6.47. The maximum absolute atomic E-state index is 12.2. The molecule has 5 nitrogen and oxygen atoms in total. The molecule has 0 N–H and O–H groups in total. The van der Waals surface area contributed by atoms with Crippen LogP contribution in [0.1, 0.15) is 18.4 Å². The number of thiocarbonyl (C=S) groups is 1. The first-order valence-electron chi connectivity index (χ1n) is 6.08. The van der Waals surface area contributed by atoms with Crippen molar-refractivity contribution in [3.05, 3.63) is 44.8 Å². The second-order valence-corrected chi connectivity index (χ2v) is 6.31. The number of nitro groups is 1. The molecule has 1 amide bonds. The first-order chi connectivity index (χ1) is 9.56. The third-order valence-corrected chi connectivity index (χ3v) is 4.44. The Kier molecular flexibility index (Phi) is 3.31. The van der Waals surface area contributed by atoms with E-state index in [4.69, 9.17) is 12.2 Å². The number of rotatable bonds is 3. The molecule has 1 saturated heterocycles. The molecule has 2 fully saturated rings. The van der Waals surface area contributed by atoms with E-state index in [9.17, 15) is 14.9 Å². The van der Waals surface area contributed by atoms with Gasteiger partial charge in [0.15, 0.2) is 0 Å². The summed E-state index contributed by atoms with van der Waals surface area (Å²) in [6.45, 7) is 0. The molecule has 1 aliphatic carbocycles. The van der Waals surface area contributed by atoms with E-state index in [1.807, 2.05) is 0 Å². The monoisotopic (exact) mass is 306 g/mol. The number of benzene rings is 1. The molecule has 102 valence electrons. The van der Waals surface area contributed by atoms with Crippen LogP contribution in [-0.4, -0.2) is 26.1 Å². The van der Waals surface area contributed by atoms with Gasteiger partial charge in [-0.25, -0.2) is 0 Å². The lowest BCUT2D eigenvalue weighted by molar-refractivity contribution is -0.384. The molecule has 1 heterocycles. The van der Waals surface area contributed by atoms with Crippen molar-refractivity contribution in [2.75, 3.05) is 0 Å². The normalized spacial score (nSPS) is 20.8. The van der Waals surface area contributed by atoms with Crippen molar-refractivity contribution in [1.82, 2.24) is 4.90 Å². The summed E-state index contributed by atoms with van der Waals surface area (Å²) in [5.74, 6) is -0.0889. The molecule has 1 aromatic rings. The van der Waals surface area contributed by atoms with Gasteiger partial charge in [0.2, 0.25) is 0 Å². The van der Waals surface area contributed by atoms with E-state index in [0.717, 1.165) is 12.8 Å². The Morgan fingerprint density at radius 1 is 1.45 bits per heavy atom. The number of non-ortho nitro benzene ring substituents is 1. The molecule has 0 radical (unpaired) electrons. The number of carbonyl (C=O) groups excluding carboxylic acids is 1. The summed E-state index contributed by atoms with van der Waals surface area (Å²) < 4.78 is 0.578. The van der Waals surface area contributed by atoms with Gasteiger partial charge in [0.25, 0.3) is 11.6 Å². The van der Waals surface area contributed by atoms with Crippen LogP contribution in [-0.2, 0) is 4.79 Å². The second-order valence-electron chi connectivity index (χ2n) is 4.63. The van der Waals surface area contributed by atoms with Gasteiger partial charge in [-0.05, 0) is 24.5 Å². The van der Waals surface area contributed by atoms with Crippen molar-refractivity contribution < 1.29 is 9.72 Å². The molecule has 3 rings (SSSR count). The molecule has 0 spiro atoms. The zero-order valence-corrected chi connectivity index (χ0v) is 11.9. The lowest BCUT2D eigenvalue weighted by atomic mass is 10.2. The zero-order valence-electron chi connectivity index (χ0n) is 10.3. The van der Waals surface area contributed by atoms with Gasteiger partial charge in [-0.3, -0.25) is 19.8 Å². The third-order valence-electron chi connectivity index (χ3n) is 3.11. The molecule has 0 aromatic heterocycles. The Morgan fingerprint density at radius 2 is 2.20 bits per heavy atom. The maximum atomic E-state index is 12.2. The van der Waals surface area contributed by atoms with E-state index in [2.05, 4.69) is 0 Å². The smallest absolute Gasteiger partial charge is 0.270 e. The Bertz CT molecular complexity index is 653. The fraction of sp³-hybridized carbons (Fsp3) is 0.231. The van der Waals surface area contributed by atoms with Crippen LogP contribution in [0, 0.1) is 10.1 Å². The molecule has 0 unspecified atom stereocenters. The standard InChI is InChI=1S/C13H10N2O3S2/c16-12-11(20-13(19)14(12)9-4-5-9)7-8-2-1-3-10(6-8)15(17)18/h1-3,6-7,9H,4-5H2/b11-7+. The average Bonchev–Trinajstić information content (AvgIpc) is 3.19. The molecule has 7 heteroatoms. The quantitative estimate of drug-likeness (QED) is 0.372. The van der Waals surface area contributed by atoms with Crippen LogP contribution < -0.4 is 0 Å². The van der Waals surface area contributed by atoms with Crippen LogP contribution in [0.25, 0.3) is 6.08 Å². The lowest BCUT2D eigenvalue weighted by Gasteiger charge is -2.11. The highest BCUT2D eigenvalue weighted by Crippen LogP contribution is 2.40. The van der Waals surface area contributed by atoms with E-state index < -0.39 is 4.92 Å². The lowest BCUT2D eigenvalue weighted by Crippen LogP contribution is -2.30. The molecule has 2 aliphatic rings. The second kappa shape index (κ2) is 4.99. The van der Waals surface area contributed by atoms with Crippen molar-refractivity contribution in [3.8, 4) is 0 Å². The van der Waals surface area contributed by atoms with Gasteiger partial charge in [-0.15, -0.1) is 0 Å². The fourth-order valence-electron chi connectivity index (χ4n) is 2.01. The Hall–Kier alpha value is -1.73. The minimum absolute atomic E-state index is 0.0106. The molecule has 0 bridgehead atoms. The zero-order chi connectivity index (χ0) is 14.3. The van der Waals surface area contributed by atoms with Crippen LogP contribution >= 0.6 is 24.0 Å². The van der Waals surface area contributed by atoms with Crippen LogP contribution in [0.3, 0.4) is 0 Å². The molecule has 1 aliphatic heterocycles. The van der Waals surface area contributed by atoms with Gasteiger partial charge in [-0.1, -0.05) is 36.1 Å². The Morgan fingerprint density at radius 3 is 2.85 bits per heavy atom. The van der Waals surface area contributed by atoms with E-state index in [1.165, 1.54) is 23.9 Å². The minimum atomic E-state index is -0.452. The number of thioether (sulfide) groups is 1. The number of hydrogen-bond donors (Lipinski definition) is 0. The van der Waals surface area contributed by atoms with Crippen molar-refractivity contribution >= 4 is 46.0 Å². The summed E-state index contributed by atoms with van der Waals surface area (Å²) in [4.78, 5) is 24.7. The largest absolute Gasteiger partial charge is 0.290 e. The van der Waals surface area contributed by atoms with Crippen molar-refractivity contribution in [2.45, 2.75) is 18.9 Å². The van der Waals surface area contributed by atoms with Crippen molar-refractivity contribution in [2.24, 2.45) is 0 Å². The number of hydrogen-bond acceptors (Lipinski definition) is 5. The number of nitro benzene ring substituents is 1. The number of carbonyl (C=O) groups is 1. The van der Waals surface area contributed by atoms with Gasteiger partial charge in [0.1, 0.15) is 4.32 Å². The summed E-state index contributed by atoms with van der Waals surface area (Å²) in [5, 5.41) is 10.7. The Labute approximate surface area is 124 Å². The average molecular weight is 306 g/mol. The summed E-state index contributed by atoms with van der Waals surface area (Å²) in [6, 6.07) is 6.46. The van der Waals surface area contributed by atoms with Crippen molar-refractivity contribution in [3.63, 3.8) is 0 Å². The van der Waals surface area contributed by atoms with E-state index in [1.54, 1.807) is 23.1 Å². The molecular formula is C13H10N2O3S2. The van der Waals surface area contributed by atoms with Crippen LogP contribution in [0.15, 0.2) is 29.2 Å². The van der Waals surface area contributed by atoms with E-state index >= 15 is 0 Å². The van der Waals surface area contributed by atoms with Crippen LogP contribution in [0.2, 0.25) is 0 Å². The third kappa shape index (κ3) is 2.46. The van der Waals surface area contributed by atoms with E-state index in [-0.39, 0.29) is 17.6 Å². The number of amides is 1. The Balaban J connectivity index is 1.89. The predicted octanol–water partition coefficient (Wildman–Crippen LogP) is 2.96. The van der Waals surface area contributed by atoms with E-state index in [0.29, 0.717) is 14.8 Å². The fourth-order valence-corrected chi connectivity index (χ4v) is 3.41. The van der Waals surface area contributed by atoms with Crippen LogP contribution in [0.5, 0.6) is 0 Å². The molecule has 1 saturated carbocycles. The highest BCUT2D eigenvalue weighted by molar-refractivity contribution is 8.26. The first kappa shape index (κ1) is 13.3. The van der Waals surface area contributed by atoms with Gasteiger partial charge < -0.3 is 0 Å². The molecule has 0 atom stereocenters. The summed E-state index contributed by atoms with van der Waals surface area (Å²) in [7, 11) is 0. The summed E-state index contributed by atoms with van der Waals surface area (Å²) in [5.41, 5.74) is 0.645. The molecule has 1 aromatic carbocycles. The maximum Gasteiger partial charge on any atom is 0.270 e. The van der Waals surface area contributed by atoms with Crippen LogP contribution in [0.4, 0.5) is 5.69 Å². The SMILES string of the molecule is O=C1/C(=C\c2cccc([N+](=O)[O-])c2)SC(=S)N1C1CC1. The first-order valence-corrected chi connectivity index (χ1v) is 7.30. The van der Waals surface area contributed by atoms with Gasteiger partial charge in [0, 0.05) is 18.2 Å².